The van der Waals surface area contributed by atoms with E-state index >= 15 is 0 Å². The highest BCUT2D eigenvalue weighted by atomic mass is 19.1. The summed E-state index contributed by atoms with van der Waals surface area (Å²) >= 11 is 0. The van der Waals surface area contributed by atoms with Crippen LogP contribution in [0, 0.1) is 11.6 Å². The Morgan fingerprint density at radius 3 is 2.29 bits per heavy atom. The van der Waals surface area contributed by atoms with Gasteiger partial charge < -0.3 is 4.90 Å². The van der Waals surface area contributed by atoms with Gasteiger partial charge in [-0.2, -0.15) is 0 Å². The maximum atomic E-state index is 13.7. The summed E-state index contributed by atoms with van der Waals surface area (Å²) in [7, 11) is 3.49. The fourth-order valence-corrected chi connectivity index (χ4v) is 2.50. The summed E-state index contributed by atoms with van der Waals surface area (Å²) in [4.78, 5) is 15.8. The Hall–Kier alpha value is -2.27. The second kappa shape index (κ2) is 8.02. The van der Waals surface area contributed by atoms with Crippen molar-refractivity contribution in [2.45, 2.75) is 19.5 Å². The summed E-state index contributed by atoms with van der Waals surface area (Å²) in [6.07, 6.45) is 0. The molecular weight excluding hydrogens is 310 g/mol. The molecule has 0 heterocycles. The van der Waals surface area contributed by atoms with Gasteiger partial charge >= 0.3 is 0 Å². The zero-order valence-corrected chi connectivity index (χ0v) is 14.2. The predicted molar refractivity (Wildman–Crippen MR) is 90.3 cm³/mol. The third kappa shape index (κ3) is 4.61. The Morgan fingerprint density at radius 1 is 1.04 bits per heavy atom. The highest BCUT2D eigenvalue weighted by Gasteiger charge is 2.19. The highest BCUT2D eigenvalue weighted by Crippen LogP contribution is 2.19. The van der Waals surface area contributed by atoms with Gasteiger partial charge in [-0.25, -0.2) is 8.78 Å². The summed E-state index contributed by atoms with van der Waals surface area (Å²) in [5.41, 5.74) is 1.42. The van der Waals surface area contributed by atoms with E-state index < -0.39 is 0 Å². The van der Waals surface area contributed by atoms with Crippen molar-refractivity contribution < 1.29 is 13.6 Å². The van der Waals surface area contributed by atoms with Crippen molar-refractivity contribution in [2.75, 3.05) is 20.6 Å². The van der Waals surface area contributed by atoms with Gasteiger partial charge in [-0.1, -0.05) is 30.3 Å². The molecule has 0 aliphatic rings. The largest absolute Gasteiger partial charge is 0.338 e. The number of carbonyl (C=O) groups excluding carboxylic acids is 1. The summed E-state index contributed by atoms with van der Waals surface area (Å²) < 4.78 is 26.7. The van der Waals surface area contributed by atoms with Gasteiger partial charge in [0.15, 0.2) is 0 Å². The number of amides is 1. The molecule has 2 aromatic carbocycles. The maximum Gasteiger partial charge on any atom is 0.236 e. The average molecular weight is 332 g/mol. The van der Waals surface area contributed by atoms with Crippen LogP contribution >= 0.6 is 0 Å². The first-order valence-corrected chi connectivity index (χ1v) is 7.81. The van der Waals surface area contributed by atoms with Crippen LogP contribution in [0.1, 0.15) is 24.1 Å². The average Bonchev–Trinajstić information content (AvgIpc) is 2.56. The zero-order chi connectivity index (χ0) is 17.7. The van der Waals surface area contributed by atoms with Gasteiger partial charge in [0.2, 0.25) is 5.91 Å². The molecule has 0 aromatic heterocycles. The van der Waals surface area contributed by atoms with Crippen LogP contribution in [0.3, 0.4) is 0 Å². The van der Waals surface area contributed by atoms with Crippen molar-refractivity contribution in [2.24, 2.45) is 0 Å². The SMILES string of the molecule is CC(c1ccc(F)cc1)N(C)C(=O)CN(C)Cc1ccccc1F. The Bertz CT molecular complexity index is 688. The van der Waals surface area contributed by atoms with E-state index in [1.807, 2.05) is 6.92 Å². The normalized spacial score (nSPS) is 12.2. The summed E-state index contributed by atoms with van der Waals surface area (Å²) in [5, 5.41) is 0. The fraction of sp³-hybridized carbons (Fsp3) is 0.316. The van der Waals surface area contributed by atoms with E-state index in [4.69, 9.17) is 0 Å². The van der Waals surface area contributed by atoms with E-state index in [0.29, 0.717) is 12.1 Å². The van der Waals surface area contributed by atoms with E-state index in [1.54, 1.807) is 54.2 Å². The lowest BCUT2D eigenvalue weighted by Crippen LogP contribution is -2.37. The topological polar surface area (TPSA) is 23.6 Å². The minimum atomic E-state index is -0.301. The van der Waals surface area contributed by atoms with Crippen LogP contribution in [0.5, 0.6) is 0 Å². The number of nitrogens with zero attached hydrogens (tertiary/aromatic N) is 2. The number of benzene rings is 2. The van der Waals surface area contributed by atoms with Gasteiger partial charge in [-0.05, 0) is 37.7 Å². The van der Waals surface area contributed by atoms with Crippen molar-refractivity contribution in [3.8, 4) is 0 Å². The van der Waals surface area contributed by atoms with Gasteiger partial charge in [0.25, 0.3) is 0 Å². The summed E-state index contributed by atoms with van der Waals surface area (Å²) in [6.45, 7) is 2.43. The van der Waals surface area contributed by atoms with Crippen molar-refractivity contribution in [3.05, 3.63) is 71.3 Å². The maximum absolute atomic E-state index is 13.7. The number of rotatable bonds is 6. The molecule has 2 rings (SSSR count). The van der Waals surface area contributed by atoms with E-state index in [2.05, 4.69) is 0 Å². The molecule has 0 spiro atoms. The van der Waals surface area contributed by atoms with Crippen LogP contribution in [0.15, 0.2) is 48.5 Å². The molecule has 1 amide bonds. The summed E-state index contributed by atoms with van der Waals surface area (Å²) in [6, 6.07) is 12.5. The highest BCUT2D eigenvalue weighted by molar-refractivity contribution is 5.78. The molecule has 0 aliphatic heterocycles. The van der Waals surface area contributed by atoms with Gasteiger partial charge in [0.1, 0.15) is 11.6 Å². The van der Waals surface area contributed by atoms with Gasteiger partial charge in [0.05, 0.1) is 12.6 Å². The Balaban J connectivity index is 1.95. The molecule has 1 unspecified atom stereocenters. The van der Waals surface area contributed by atoms with Gasteiger partial charge in [-0.3, -0.25) is 9.69 Å². The number of hydrogen-bond donors (Lipinski definition) is 0. The fourth-order valence-electron chi connectivity index (χ4n) is 2.50. The van der Waals surface area contributed by atoms with Crippen molar-refractivity contribution in [3.63, 3.8) is 0 Å². The third-order valence-corrected chi connectivity index (χ3v) is 4.13. The second-order valence-electron chi connectivity index (χ2n) is 6.00. The molecule has 0 aliphatic carbocycles. The van der Waals surface area contributed by atoms with E-state index in [1.165, 1.54) is 18.2 Å². The third-order valence-electron chi connectivity index (χ3n) is 4.13. The first kappa shape index (κ1) is 18.1. The molecule has 0 saturated heterocycles. The first-order chi connectivity index (χ1) is 11.4. The van der Waals surface area contributed by atoms with Crippen LogP contribution in [-0.4, -0.2) is 36.3 Å². The van der Waals surface area contributed by atoms with Crippen LogP contribution in [0.4, 0.5) is 8.78 Å². The zero-order valence-electron chi connectivity index (χ0n) is 14.2. The van der Waals surface area contributed by atoms with Crippen molar-refractivity contribution in [1.29, 1.82) is 0 Å². The molecule has 2 aromatic rings. The van der Waals surface area contributed by atoms with Crippen LogP contribution in [0.25, 0.3) is 0 Å². The molecule has 0 fully saturated rings. The number of hydrogen-bond acceptors (Lipinski definition) is 2. The number of carbonyl (C=O) groups is 1. The Labute approximate surface area is 141 Å². The lowest BCUT2D eigenvalue weighted by Gasteiger charge is -2.27. The number of halogens is 2. The quantitative estimate of drug-likeness (QED) is 0.807. The molecule has 5 heteroatoms. The second-order valence-corrected chi connectivity index (χ2v) is 6.00. The molecule has 128 valence electrons. The minimum Gasteiger partial charge on any atom is -0.338 e. The molecule has 0 bridgehead atoms. The van der Waals surface area contributed by atoms with Crippen LogP contribution in [-0.2, 0) is 11.3 Å². The Kier molecular flexibility index (Phi) is 6.04. The van der Waals surface area contributed by atoms with Crippen molar-refractivity contribution >= 4 is 5.91 Å². The molecule has 0 saturated carbocycles. The lowest BCUT2D eigenvalue weighted by molar-refractivity contribution is -0.132. The van der Waals surface area contributed by atoms with Crippen molar-refractivity contribution in [1.82, 2.24) is 9.80 Å². The molecule has 3 nitrogen and oxygen atoms in total. The van der Waals surface area contributed by atoms with E-state index in [0.717, 1.165) is 5.56 Å². The molecular formula is C19H22F2N2O. The van der Waals surface area contributed by atoms with E-state index in [9.17, 15) is 13.6 Å². The minimum absolute atomic E-state index is 0.0781. The van der Waals surface area contributed by atoms with Gasteiger partial charge in [-0.15, -0.1) is 0 Å². The molecule has 24 heavy (non-hydrogen) atoms. The summed E-state index contributed by atoms with van der Waals surface area (Å²) in [5.74, 6) is -0.653. The van der Waals surface area contributed by atoms with E-state index in [-0.39, 0.29) is 30.1 Å². The molecule has 1 atom stereocenters. The monoisotopic (exact) mass is 332 g/mol. The standard InChI is InChI=1S/C19H22F2N2O/c1-14(15-8-10-17(20)11-9-15)23(3)19(24)13-22(2)12-16-6-4-5-7-18(16)21/h4-11,14H,12-13H2,1-3H3. The van der Waals surface area contributed by atoms with Gasteiger partial charge in [0, 0.05) is 19.2 Å². The smallest absolute Gasteiger partial charge is 0.236 e. The van der Waals surface area contributed by atoms with Crippen LogP contribution < -0.4 is 0 Å². The molecule has 0 N–H and O–H groups in total. The predicted octanol–water partition coefficient (Wildman–Crippen LogP) is 3.62. The number of likely N-dealkylation sites (N-methyl/N-ethyl adjacent to an activating group) is 2. The van der Waals surface area contributed by atoms with Crippen LogP contribution in [0.2, 0.25) is 0 Å². The Morgan fingerprint density at radius 2 is 1.67 bits per heavy atom. The first-order valence-electron chi connectivity index (χ1n) is 7.81. The molecule has 0 radical (unpaired) electrons. The lowest BCUT2D eigenvalue weighted by atomic mass is 10.1.